The highest BCUT2D eigenvalue weighted by molar-refractivity contribution is 4.65. The van der Waals surface area contributed by atoms with E-state index in [0.717, 1.165) is 12.6 Å². The molecule has 0 saturated heterocycles. The topological polar surface area (TPSA) is 15.3 Å². The summed E-state index contributed by atoms with van der Waals surface area (Å²) in [5.74, 6) is 0. The van der Waals surface area contributed by atoms with Crippen molar-refractivity contribution in [1.82, 2.24) is 10.2 Å². The molecule has 0 fully saturated rings. The van der Waals surface area contributed by atoms with Crippen LogP contribution in [0.15, 0.2) is 0 Å². The summed E-state index contributed by atoms with van der Waals surface area (Å²) in [5.41, 5.74) is 0. The van der Waals surface area contributed by atoms with E-state index >= 15 is 0 Å². The van der Waals surface area contributed by atoms with Crippen LogP contribution < -0.4 is 5.32 Å². The second-order valence-electron chi connectivity index (χ2n) is 4.72. The molecule has 0 aliphatic rings. The highest BCUT2D eigenvalue weighted by Crippen LogP contribution is 2.06. The van der Waals surface area contributed by atoms with Gasteiger partial charge < -0.3 is 10.2 Å². The van der Waals surface area contributed by atoms with Crippen LogP contribution in [0.5, 0.6) is 0 Å². The molecule has 0 rings (SSSR count). The minimum Gasteiger partial charge on any atom is -0.315 e. The van der Waals surface area contributed by atoms with E-state index in [2.05, 4.69) is 45.0 Å². The Balaban J connectivity index is 3.49. The quantitative estimate of drug-likeness (QED) is 0.635. The second-order valence-corrected chi connectivity index (χ2v) is 4.72. The van der Waals surface area contributed by atoms with Crippen molar-refractivity contribution in [3.63, 3.8) is 0 Å². The SMILES string of the molecule is CCCC(C)N(C)CCCC(C)NCC. The number of nitrogens with zero attached hydrogens (tertiary/aromatic N) is 1. The molecule has 0 aromatic carbocycles. The highest BCUT2D eigenvalue weighted by Gasteiger charge is 2.08. The molecular weight excluding hydrogens is 184 g/mol. The Morgan fingerprint density at radius 3 is 2.33 bits per heavy atom. The standard InChI is InChI=1S/C13H30N2/c1-6-9-13(4)15(5)11-8-10-12(3)14-7-2/h12-14H,6-11H2,1-5H3. The Bertz CT molecular complexity index is 136. The lowest BCUT2D eigenvalue weighted by molar-refractivity contribution is 0.237. The van der Waals surface area contributed by atoms with E-state index in [0.29, 0.717) is 6.04 Å². The van der Waals surface area contributed by atoms with Crippen LogP contribution in [0.1, 0.15) is 53.4 Å². The molecule has 2 atom stereocenters. The molecule has 0 aliphatic carbocycles. The first-order chi connectivity index (χ1) is 7.11. The lowest BCUT2D eigenvalue weighted by Crippen LogP contribution is -2.31. The van der Waals surface area contributed by atoms with E-state index in [4.69, 9.17) is 0 Å². The fourth-order valence-corrected chi connectivity index (χ4v) is 1.96. The zero-order valence-corrected chi connectivity index (χ0v) is 11.3. The number of rotatable bonds is 9. The summed E-state index contributed by atoms with van der Waals surface area (Å²) in [6.07, 6.45) is 5.20. The molecule has 0 heterocycles. The van der Waals surface area contributed by atoms with Gasteiger partial charge in [-0.25, -0.2) is 0 Å². The molecule has 0 saturated carbocycles. The monoisotopic (exact) mass is 214 g/mol. The van der Waals surface area contributed by atoms with Gasteiger partial charge in [-0.15, -0.1) is 0 Å². The molecule has 1 N–H and O–H groups in total. The summed E-state index contributed by atoms with van der Waals surface area (Å²) >= 11 is 0. The average Bonchev–Trinajstić information content (AvgIpc) is 2.18. The lowest BCUT2D eigenvalue weighted by atomic mass is 10.1. The smallest absolute Gasteiger partial charge is 0.00637 e. The Kier molecular flexibility index (Phi) is 9.12. The van der Waals surface area contributed by atoms with Crippen LogP contribution in [-0.4, -0.2) is 37.1 Å². The first kappa shape index (κ1) is 14.9. The third-order valence-corrected chi connectivity index (χ3v) is 3.16. The van der Waals surface area contributed by atoms with Gasteiger partial charge in [-0.3, -0.25) is 0 Å². The van der Waals surface area contributed by atoms with Crippen LogP contribution in [-0.2, 0) is 0 Å². The van der Waals surface area contributed by atoms with Gasteiger partial charge in [0.05, 0.1) is 0 Å². The zero-order chi connectivity index (χ0) is 11.7. The molecule has 0 spiro atoms. The van der Waals surface area contributed by atoms with E-state index in [1.165, 1.54) is 32.2 Å². The second kappa shape index (κ2) is 9.17. The van der Waals surface area contributed by atoms with Gasteiger partial charge in [0.15, 0.2) is 0 Å². The van der Waals surface area contributed by atoms with E-state index < -0.39 is 0 Å². The first-order valence-corrected chi connectivity index (χ1v) is 6.55. The molecular formula is C13H30N2. The third kappa shape index (κ3) is 7.80. The Morgan fingerprint density at radius 1 is 1.13 bits per heavy atom. The van der Waals surface area contributed by atoms with Gasteiger partial charge >= 0.3 is 0 Å². The predicted octanol–water partition coefficient (Wildman–Crippen LogP) is 2.89. The molecule has 2 unspecified atom stereocenters. The van der Waals surface area contributed by atoms with Crippen molar-refractivity contribution in [2.75, 3.05) is 20.1 Å². The number of hydrogen-bond donors (Lipinski definition) is 1. The van der Waals surface area contributed by atoms with Gasteiger partial charge in [-0.05, 0) is 53.2 Å². The van der Waals surface area contributed by atoms with E-state index in [-0.39, 0.29) is 0 Å². The van der Waals surface area contributed by atoms with Crippen LogP contribution in [0, 0.1) is 0 Å². The largest absolute Gasteiger partial charge is 0.315 e. The van der Waals surface area contributed by atoms with Gasteiger partial charge in [-0.1, -0.05) is 20.3 Å². The number of nitrogens with one attached hydrogen (secondary N) is 1. The molecule has 0 aliphatic heterocycles. The summed E-state index contributed by atoms with van der Waals surface area (Å²) in [7, 11) is 2.25. The molecule has 0 radical (unpaired) electrons. The van der Waals surface area contributed by atoms with E-state index in [9.17, 15) is 0 Å². The molecule has 92 valence electrons. The highest BCUT2D eigenvalue weighted by atomic mass is 15.1. The Morgan fingerprint density at radius 2 is 1.80 bits per heavy atom. The van der Waals surface area contributed by atoms with Crippen LogP contribution in [0.3, 0.4) is 0 Å². The van der Waals surface area contributed by atoms with Crippen molar-refractivity contribution < 1.29 is 0 Å². The van der Waals surface area contributed by atoms with Gasteiger partial charge in [0, 0.05) is 12.1 Å². The maximum absolute atomic E-state index is 3.46. The summed E-state index contributed by atoms with van der Waals surface area (Å²) < 4.78 is 0. The van der Waals surface area contributed by atoms with Gasteiger partial charge in [0.2, 0.25) is 0 Å². The Labute approximate surface area is 96.4 Å². The molecule has 0 aromatic rings. The zero-order valence-electron chi connectivity index (χ0n) is 11.3. The lowest BCUT2D eigenvalue weighted by Gasteiger charge is -2.24. The maximum Gasteiger partial charge on any atom is 0.00637 e. The average molecular weight is 214 g/mol. The molecule has 0 aromatic heterocycles. The van der Waals surface area contributed by atoms with Crippen molar-refractivity contribution in [3.05, 3.63) is 0 Å². The van der Waals surface area contributed by atoms with Crippen LogP contribution in [0.4, 0.5) is 0 Å². The maximum atomic E-state index is 3.46. The fraction of sp³-hybridized carbons (Fsp3) is 1.00. The Hall–Kier alpha value is -0.0800. The molecule has 0 amide bonds. The summed E-state index contributed by atoms with van der Waals surface area (Å²) in [4.78, 5) is 2.49. The van der Waals surface area contributed by atoms with E-state index in [1.807, 2.05) is 0 Å². The van der Waals surface area contributed by atoms with Crippen molar-refractivity contribution in [1.29, 1.82) is 0 Å². The summed E-state index contributed by atoms with van der Waals surface area (Å²) in [6.45, 7) is 11.4. The van der Waals surface area contributed by atoms with Gasteiger partial charge in [-0.2, -0.15) is 0 Å². The first-order valence-electron chi connectivity index (χ1n) is 6.55. The minimum absolute atomic E-state index is 0.671. The molecule has 0 bridgehead atoms. The van der Waals surface area contributed by atoms with Crippen LogP contribution in [0.25, 0.3) is 0 Å². The molecule has 2 nitrogen and oxygen atoms in total. The van der Waals surface area contributed by atoms with E-state index in [1.54, 1.807) is 0 Å². The predicted molar refractivity (Wildman–Crippen MR) is 69.4 cm³/mol. The van der Waals surface area contributed by atoms with Crippen LogP contribution >= 0.6 is 0 Å². The van der Waals surface area contributed by atoms with Crippen LogP contribution in [0.2, 0.25) is 0 Å². The number of hydrogen-bond acceptors (Lipinski definition) is 2. The van der Waals surface area contributed by atoms with Gasteiger partial charge in [0.1, 0.15) is 0 Å². The van der Waals surface area contributed by atoms with Crippen molar-refractivity contribution in [2.45, 2.75) is 65.5 Å². The normalized spacial score (nSPS) is 15.6. The summed E-state index contributed by atoms with van der Waals surface area (Å²) in [6, 6.07) is 1.41. The van der Waals surface area contributed by atoms with Crippen molar-refractivity contribution >= 4 is 0 Å². The summed E-state index contributed by atoms with van der Waals surface area (Å²) in [5, 5.41) is 3.46. The third-order valence-electron chi connectivity index (χ3n) is 3.16. The van der Waals surface area contributed by atoms with Crippen molar-refractivity contribution in [3.8, 4) is 0 Å². The van der Waals surface area contributed by atoms with Crippen molar-refractivity contribution in [2.24, 2.45) is 0 Å². The molecule has 2 heteroatoms. The molecule has 15 heavy (non-hydrogen) atoms. The fourth-order valence-electron chi connectivity index (χ4n) is 1.96. The van der Waals surface area contributed by atoms with Gasteiger partial charge in [0.25, 0.3) is 0 Å². The minimum atomic E-state index is 0.671.